The highest BCUT2D eigenvalue weighted by Gasteiger charge is 2.49. The van der Waals surface area contributed by atoms with Crippen molar-refractivity contribution in [3.05, 3.63) is 56.9 Å². The van der Waals surface area contributed by atoms with Crippen molar-refractivity contribution in [2.45, 2.75) is 36.6 Å². The molecule has 0 aliphatic carbocycles. The first kappa shape index (κ1) is 17.0. The van der Waals surface area contributed by atoms with Gasteiger partial charge in [-0.25, -0.2) is 4.79 Å². The van der Waals surface area contributed by atoms with Crippen LogP contribution in [0.3, 0.4) is 0 Å². The number of ether oxygens (including phenoxy) is 1. The number of quaternary nitrogens is 1. The van der Waals surface area contributed by atoms with Crippen molar-refractivity contribution in [3.63, 3.8) is 0 Å². The highest BCUT2D eigenvalue weighted by Crippen LogP contribution is 2.40. The first-order valence-corrected chi connectivity index (χ1v) is 10.2. The van der Waals surface area contributed by atoms with Gasteiger partial charge in [0.15, 0.2) is 0 Å². The van der Waals surface area contributed by atoms with Crippen LogP contribution in [-0.2, 0) is 15.1 Å². The van der Waals surface area contributed by atoms with E-state index in [-0.39, 0.29) is 6.10 Å². The Kier molecular flexibility index (Phi) is 4.11. The Labute approximate surface area is 155 Å². The van der Waals surface area contributed by atoms with Gasteiger partial charge < -0.3 is 14.3 Å². The number of nitrogens with zero attached hydrogens (tertiary/aromatic N) is 1. The third-order valence-electron chi connectivity index (χ3n) is 5.60. The van der Waals surface area contributed by atoms with Crippen LogP contribution in [0.1, 0.15) is 22.6 Å². The highest BCUT2D eigenvalue weighted by atomic mass is 32.1. The van der Waals surface area contributed by atoms with Crippen LogP contribution in [0.2, 0.25) is 0 Å². The van der Waals surface area contributed by atoms with Crippen molar-refractivity contribution in [3.8, 4) is 0 Å². The summed E-state index contributed by atoms with van der Waals surface area (Å²) in [6.07, 6.45) is 5.93. The van der Waals surface area contributed by atoms with Crippen LogP contribution < -0.4 is 0 Å². The Balaban J connectivity index is 1.57. The van der Waals surface area contributed by atoms with Gasteiger partial charge in [0.05, 0.1) is 23.8 Å². The summed E-state index contributed by atoms with van der Waals surface area (Å²) < 4.78 is 6.78. The molecule has 2 atom stereocenters. The lowest BCUT2D eigenvalue weighted by atomic mass is 9.95. The van der Waals surface area contributed by atoms with E-state index in [1.54, 1.807) is 12.1 Å². The maximum atomic E-state index is 13.0. The van der Waals surface area contributed by atoms with Gasteiger partial charge in [0.1, 0.15) is 18.2 Å². The first-order valence-electron chi connectivity index (χ1n) is 8.45. The van der Waals surface area contributed by atoms with Crippen molar-refractivity contribution in [1.82, 2.24) is 0 Å². The smallest absolute Gasteiger partial charge is 0.349 e. The van der Waals surface area contributed by atoms with E-state index >= 15 is 0 Å². The maximum absolute atomic E-state index is 13.0. The first-order chi connectivity index (χ1) is 11.9. The predicted octanol–water partition coefficient (Wildman–Crippen LogP) is 3.13. The molecule has 4 rings (SSSR count). The molecule has 1 saturated heterocycles. The Bertz CT molecular complexity index is 727. The third-order valence-corrected chi connectivity index (χ3v) is 7.56. The molecule has 2 aliphatic heterocycles. The fourth-order valence-electron chi connectivity index (χ4n) is 3.91. The zero-order chi connectivity index (χ0) is 17.7. The predicted molar refractivity (Wildman–Crippen MR) is 99.6 cm³/mol. The van der Waals surface area contributed by atoms with E-state index in [0.717, 1.165) is 17.3 Å². The second-order valence-corrected chi connectivity index (χ2v) is 9.21. The summed E-state index contributed by atoms with van der Waals surface area (Å²) in [6, 6.07) is 8.00. The van der Waals surface area contributed by atoms with Gasteiger partial charge in [-0.05, 0) is 35.0 Å². The number of esters is 1. The molecule has 2 unspecified atom stereocenters. The molecule has 0 saturated carbocycles. The molecule has 132 valence electrons. The van der Waals surface area contributed by atoms with Gasteiger partial charge in [0.2, 0.25) is 5.60 Å². The number of thiophene rings is 2. The standard InChI is InChI=1S/C19H22NO3S2/c1-20(2)13-7-8-14(20)12-15(11-13)23-18(21)19(22,16-5-3-9-24-16)17-6-4-10-25-17/h3-10,13-15,22H,11-12H2,1-2H3/q+1. The van der Waals surface area contributed by atoms with E-state index in [1.807, 2.05) is 22.9 Å². The van der Waals surface area contributed by atoms with Gasteiger partial charge in [-0.3, -0.25) is 0 Å². The minimum Gasteiger partial charge on any atom is -0.459 e. The molecule has 2 aromatic rings. The molecular weight excluding hydrogens is 354 g/mol. The van der Waals surface area contributed by atoms with Crippen molar-refractivity contribution in [2.75, 3.05) is 14.1 Å². The number of fused-ring (bicyclic) bond motifs is 2. The van der Waals surface area contributed by atoms with E-state index in [4.69, 9.17) is 4.74 Å². The van der Waals surface area contributed by atoms with Gasteiger partial charge in [0.25, 0.3) is 0 Å². The van der Waals surface area contributed by atoms with Crippen molar-refractivity contribution < 1.29 is 19.1 Å². The fraction of sp³-hybridized carbons (Fsp3) is 0.421. The van der Waals surface area contributed by atoms with E-state index in [9.17, 15) is 9.90 Å². The number of likely N-dealkylation sites (N-methyl/N-ethyl adjacent to an activating group) is 1. The summed E-state index contributed by atoms with van der Waals surface area (Å²) in [4.78, 5) is 14.2. The summed E-state index contributed by atoms with van der Waals surface area (Å²) in [7, 11) is 4.45. The second kappa shape index (κ2) is 6.06. The van der Waals surface area contributed by atoms with Crippen LogP contribution in [0.25, 0.3) is 0 Å². The summed E-state index contributed by atoms with van der Waals surface area (Å²) in [5, 5.41) is 15.0. The molecular formula is C19H22NO3S2+. The molecule has 2 aliphatic rings. The molecule has 1 fully saturated rings. The molecule has 25 heavy (non-hydrogen) atoms. The third kappa shape index (κ3) is 2.68. The van der Waals surface area contributed by atoms with E-state index in [0.29, 0.717) is 21.8 Å². The molecule has 0 radical (unpaired) electrons. The molecule has 2 bridgehead atoms. The van der Waals surface area contributed by atoms with E-state index < -0.39 is 11.6 Å². The van der Waals surface area contributed by atoms with Gasteiger partial charge in [-0.1, -0.05) is 12.1 Å². The number of hydrogen-bond acceptors (Lipinski definition) is 5. The highest BCUT2D eigenvalue weighted by molar-refractivity contribution is 7.12. The monoisotopic (exact) mass is 376 g/mol. The summed E-state index contributed by atoms with van der Waals surface area (Å²) in [5.74, 6) is -0.561. The Morgan fingerprint density at radius 3 is 2.08 bits per heavy atom. The average molecular weight is 377 g/mol. The lowest BCUT2D eigenvalue weighted by Gasteiger charge is -2.44. The van der Waals surface area contributed by atoms with Crippen LogP contribution >= 0.6 is 22.7 Å². The van der Waals surface area contributed by atoms with Crippen molar-refractivity contribution in [2.24, 2.45) is 0 Å². The van der Waals surface area contributed by atoms with E-state index in [2.05, 4.69) is 26.2 Å². The Morgan fingerprint density at radius 2 is 1.64 bits per heavy atom. The number of piperidine rings is 1. The Morgan fingerprint density at radius 1 is 1.12 bits per heavy atom. The molecule has 4 heterocycles. The normalized spacial score (nSPS) is 27.4. The van der Waals surface area contributed by atoms with Crippen LogP contribution in [0.5, 0.6) is 0 Å². The summed E-state index contributed by atoms with van der Waals surface area (Å²) in [6.45, 7) is 0. The topological polar surface area (TPSA) is 46.5 Å². The zero-order valence-corrected chi connectivity index (χ0v) is 15.9. The number of hydrogen-bond donors (Lipinski definition) is 1. The molecule has 1 N–H and O–H groups in total. The molecule has 2 aromatic heterocycles. The molecule has 4 nitrogen and oxygen atoms in total. The van der Waals surface area contributed by atoms with Crippen LogP contribution in [0.15, 0.2) is 47.2 Å². The second-order valence-electron chi connectivity index (χ2n) is 7.31. The molecule has 6 heteroatoms. The van der Waals surface area contributed by atoms with Crippen LogP contribution in [0, 0.1) is 0 Å². The average Bonchev–Trinajstić information content (AvgIpc) is 3.29. The minimum absolute atomic E-state index is 0.157. The summed E-state index contributed by atoms with van der Waals surface area (Å²) >= 11 is 2.74. The van der Waals surface area contributed by atoms with E-state index in [1.165, 1.54) is 22.7 Å². The SMILES string of the molecule is C[N+]1(C)C2C=CC1CC(OC(=O)C(O)(c1cccs1)c1cccs1)C2. The van der Waals surface area contributed by atoms with Crippen LogP contribution in [-0.4, -0.2) is 47.8 Å². The van der Waals surface area contributed by atoms with Crippen molar-refractivity contribution >= 4 is 28.6 Å². The number of carbonyl (C=O) groups excluding carboxylic acids is 1. The Hall–Kier alpha value is -1.47. The van der Waals surface area contributed by atoms with Crippen LogP contribution in [0.4, 0.5) is 0 Å². The summed E-state index contributed by atoms with van der Waals surface area (Å²) in [5.41, 5.74) is -1.71. The zero-order valence-electron chi connectivity index (χ0n) is 14.3. The lowest BCUT2D eigenvalue weighted by Crippen LogP contribution is -2.57. The molecule has 0 amide bonds. The van der Waals surface area contributed by atoms with Crippen molar-refractivity contribution in [1.29, 1.82) is 0 Å². The fourth-order valence-corrected chi connectivity index (χ4v) is 5.62. The number of rotatable bonds is 4. The quantitative estimate of drug-likeness (QED) is 0.507. The largest absolute Gasteiger partial charge is 0.459 e. The number of aliphatic hydroxyl groups is 1. The lowest BCUT2D eigenvalue weighted by molar-refractivity contribution is -0.926. The molecule has 0 aromatic carbocycles. The van der Waals surface area contributed by atoms with Gasteiger partial charge in [-0.2, -0.15) is 0 Å². The van der Waals surface area contributed by atoms with Gasteiger partial charge >= 0.3 is 5.97 Å². The minimum atomic E-state index is -1.71. The molecule has 0 spiro atoms. The maximum Gasteiger partial charge on any atom is 0.349 e. The van der Waals surface area contributed by atoms with Gasteiger partial charge in [0, 0.05) is 12.8 Å². The van der Waals surface area contributed by atoms with Gasteiger partial charge in [-0.15, -0.1) is 22.7 Å². The number of carbonyl (C=O) groups is 1.